The second-order valence-corrected chi connectivity index (χ2v) is 4.70. The van der Waals surface area contributed by atoms with Crippen LogP contribution < -0.4 is 10.5 Å². The smallest absolute Gasteiger partial charge is 0.348 e. The third-order valence-electron chi connectivity index (χ3n) is 1.84. The van der Waals surface area contributed by atoms with Crippen molar-refractivity contribution in [2.24, 2.45) is 0 Å². The molecule has 0 aliphatic rings. The van der Waals surface area contributed by atoms with E-state index in [0.29, 0.717) is 16.3 Å². The van der Waals surface area contributed by atoms with Gasteiger partial charge in [0.2, 0.25) is 0 Å². The van der Waals surface area contributed by atoms with Crippen LogP contribution in [0.25, 0.3) is 0 Å². The first-order chi connectivity index (χ1) is 7.66. The first-order valence-corrected chi connectivity index (χ1v) is 5.91. The first kappa shape index (κ1) is 11.1. The lowest BCUT2D eigenvalue weighted by molar-refractivity contribution is 0.0736. The number of nitrogens with two attached hydrogens (primary N) is 1. The molecule has 4 nitrogen and oxygen atoms in total. The zero-order valence-electron chi connectivity index (χ0n) is 8.01. The highest BCUT2D eigenvalue weighted by Crippen LogP contribution is 2.20. The van der Waals surface area contributed by atoms with Gasteiger partial charge in [0.1, 0.15) is 16.3 Å². The average Bonchev–Trinajstić information content (AvgIpc) is 2.68. The SMILES string of the molecule is Nc1sncc1C(=O)Oc1ccc(Br)cc1. The molecule has 0 saturated carbocycles. The lowest BCUT2D eigenvalue weighted by atomic mass is 10.3. The minimum atomic E-state index is -0.492. The lowest BCUT2D eigenvalue weighted by Crippen LogP contribution is -2.09. The summed E-state index contributed by atoms with van der Waals surface area (Å²) in [5.41, 5.74) is 5.87. The molecule has 1 aromatic heterocycles. The number of benzene rings is 1. The van der Waals surface area contributed by atoms with Gasteiger partial charge in [-0.1, -0.05) is 15.9 Å². The van der Waals surface area contributed by atoms with Gasteiger partial charge in [0.15, 0.2) is 0 Å². The number of aromatic nitrogens is 1. The zero-order chi connectivity index (χ0) is 11.5. The Morgan fingerprint density at radius 3 is 2.62 bits per heavy atom. The van der Waals surface area contributed by atoms with Crippen LogP contribution in [0, 0.1) is 0 Å². The van der Waals surface area contributed by atoms with Crippen molar-refractivity contribution in [3.63, 3.8) is 0 Å². The fourth-order valence-corrected chi connectivity index (χ4v) is 1.84. The first-order valence-electron chi connectivity index (χ1n) is 4.34. The van der Waals surface area contributed by atoms with E-state index in [1.807, 2.05) is 0 Å². The molecule has 1 aromatic carbocycles. The van der Waals surface area contributed by atoms with E-state index >= 15 is 0 Å². The molecule has 2 aromatic rings. The molecule has 0 amide bonds. The second kappa shape index (κ2) is 4.63. The largest absolute Gasteiger partial charge is 0.423 e. The molecule has 0 atom stereocenters. The minimum absolute atomic E-state index is 0.299. The van der Waals surface area contributed by atoms with Crippen LogP contribution in [0.2, 0.25) is 0 Å². The molecule has 0 aliphatic heterocycles. The van der Waals surface area contributed by atoms with E-state index in [1.54, 1.807) is 24.3 Å². The van der Waals surface area contributed by atoms with Gasteiger partial charge >= 0.3 is 5.97 Å². The molecule has 0 fully saturated rings. The van der Waals surface area contributed by atoms with Gasteiger partial charge in [-0.2, -0.15) is 4.37 Å². The van der Waals surface area contributed by atoms with Gasteiger partial charge in [0, 0.05) is 4.47 Å². The minimum Gasteiger partial charge on any atom is -0.423 e. The highest BCUT2D eigenvalue weighted by Gasteiger charge is 2.14. The predicted octanol–water partition coefficient (Wildman–Crippen LogP) is 2.71. The quantitative estimate of drug-likeness (QED) is 0.684. The normalized spacial score (nSPS) is 10.1. The highest BCUT2D eigenvalue weighted by molar-refractivity contribution is 9.10. The zero-order valence-corrected chi connectivity index (χ0v) is 10.4. The standard InChI is InChI=1S/C10H7BrN2O2S/c11-6-1-3-7(4-2-6)15-10(14)8-5-13-16-9(8)12/h1-5H,12H2. The van der Waals surface area contributed by atoms with E-state index in [1.165, 1.54) is 6.20 Å². The molecule has 0 saturated heterocycles. The van der Waals surface area contributed by atoms with Crippen LogP contribution in [0.1, 0.15) is 10.4 Å². The number of halogens is 1. The molecule has 0 aliphatic carbocycles. The van der Waals surface area contributed by atoms with E-state index < -0.39 is 5.97 Å². The maximum absolute atomic E-state index is 11.6. The van der Waals surface area contributed by atoms with Crippen molar-refractivity contribution >= 4 is 38.4 Å². The Morgan fingerprint density at radius 1 is 1.38 bits per heavy atom. The van der Waals surface area contributed by atoms with E-state index in [9.17, 15) is 4.79 Å². The average molecular weight is 299 g/mol. The summed E-state index contributed by atoms with van der Waals surface area (Å²) in [5, 5.41) is 0.363. The summed E-state index contributed by atoms with van der Waals surface area (Å²) in [4.78, 5) is 11.6. The van der Waals surface area contributed by atoms with Crippen LogP contribution in [-0.2, 0) is 0 Å². The Morgan fingerprint density at radius 2 is 2.06 bits per heavy atom. The van der Waals surface area contributed by atoms with E-state index in [4.69, 9.17) is 10.5 Å². The molecule has 16 heavy (non-hydrogen) atoms. The number of carbonyl (C=O) groups is 1. The van der Waals surface area contributed by atoms with Crippen LogP contribution in [0.5, 0.6) is 5.75 Å². The van der Waals surface area contributed by atoms with Crippen LogP contribution in [0.4, 0.5) is 5.00 Å². The number of esters is 1. The van der Waals surface area contributed by atoms with Gasteiger partial charge in [-0.3, -0.25) is 0 Å². The van der Waals surface area contributed by atoms with Crippen molar-refractivity contribution < 1.29 is 9.53 Å². The van der Waals surface area contributed by atoms with Gasteiger partial charge in [-0.25, -0.2) is 4.79 Å². The third-order valence-corrected chi connectivity index (χ3v) is 3.00. The van der Waals surface area contributed by atoms with Crippen LogP contribution in [-0.4, -0.2) is 10.3 Å². The van der Waals surface area contributed by atoms with Gasteiger partial charge in [-0.15, -0.1) is 0 Å². The molecule has 1 heterocycles. The number of nitrogen functional groups attached to an aromatic ring is 1. The van der Waals surface area contributed by atoms with Crippen molar-refractivity contribution in [3.05, 3.63) is 40.5 Å². The molecule has 6 heteroatoms. The molecule has 0 bridgehead atoms. The number of hydrogen-bond donors (Lipinski definition) is 1. The maximum atomic E-state index is 11.6. The number of ether oxygens (including phenoxy) is 1. The third kappa shape index (κ3) is 2.40. The second-order valence-electron chi connectivity index (χ2n) is 2.95. The summed E-state index contributed by atoms with van der Waals surface area (Å²) in [7, 11) is 0. The number of nitrogens with zero attached hydrogens (tertiary/aromatic N) is 1. The fourth-order valence-electron chi connectivity index (χ4n) is 1.07. The molecular weight excluding hydrogens is 292 g/mol. The summed E-state index contributed by atoms with van der Waals surface area (Å²) in [6, 6.07) is 6.96. The number of rotatable bonds is 2. The van der Waals surface area contributed by atoms with Crippen LogP contribution >= 0.6 is 27.5 Å². The number of anilines is 1. The van der Waals surface area contributed by atoms with Gasteiger partial charge in [-0.05, 0) is 35.8 Å². The van der Waals surface area contributed by atoms with Crippen LogP contribution in [0.3, 0.4) is 0 Å². The summed E-state index contributed by atoms with van der Waals surface area (Å²) >= 11 is 4.36. The lowest BCUT2D eigenvalue weighted by Gasteiger charge is -2.02. The molecular formula is C10H7BrN2O2S. The van der Waals surface area contributed by atoms with Gasteiger partial charge in [0.05, 0.1) is 6.20 Å². The highest BCUT2D eigenvalue weighted by atomic mass is 79.9. The Kier molecular flexibility index (Phi) is 3.21. The molecule has 0 unspecified atom stereocenters. The summed E-state index contributed by atoms with van der Waals surface area (Å²) in [5.74, 6) is -0.0210. The number of hydrogen-bond acceptors (Lipinski definition) is 5. The molecule has 2 N–H and O–H groups in total. The number of carbonyl (C=O) groups excluding carboxylic acids is 1. The Balaban J connectivity index is 2.14. The Labute approximate surface area is 104 Å². The van der Waals surface area contributed by atoms with E-state index in [0.717, 1.165) is 16.0 Å². The van der Waals surface area contributed by atoms with E-state index in [-0.39, 0.29) is 0 Å². The van der Waals surface area contributed by atoms with Gasteiger partial charge in [0.25, 0.3) is 0 Å². The molecule has 2 rings (SSSR count). The van der Waals surface area contributed by atoms with Crippen molar-refractivity contribution in [3.8, 4) is 5.75 Å². The Bertz CT molecular complexity index is 510. The summed E-state index contributed by atoms with van der Waals surface area (Å²) in [6.07, 6.45) is 1.40. The van der Waals surface area contributed by atoms with Crippen molar-refractivity contribution in [1.82, 2.24) is 4.37 Å². The fraction of sp³-hybridized carbons (Fsp3) is 0. The van der Waals surface area contributed by atoms with E-state index in [2.05, 4.69) is 20.3 Å². The van der Waals surface area contributed by atoms with Crippen molar-refractivity contribution in [1.29, 1.82) is 0 Å². The maximum Gasteiger partial charge on any atom is 0.348 e. The monoisotopic (exact) mass is 298 g/mol. The molecule has 82 valence electrons. The topological polar surface area (TPSA) is 65.2 Å². The predicted molar refractivity (Wildman–Crippen MR) is 65.6 cm³/mol. The molecule has 0 radical (unpaired) electrons. The van der Waals surface area contributed by atoms with Crippen molar-refractivity contribution in [2.45, 2.75) is 0 Å². The van der Waals surface area contributed by atoms with Gasteiger partial charge < -0.3 is 10.5 Å². The Hall–Kier alpha value is -1.40. The van der Waals surface area contributed by atoms with Crippen LogP contribution in [0.15, 0.2) is 34.9 Å². The molecule has 0 spiro atoms. The van der Waals surface area contributed by atoms with Crippen molar-refractivity contribution in [2.75, 3.05) is 5.73 Å². The summed E-state index contributed by atoms with van der Waals surface area (Å²) in [6.45, 7) is 0. The summed E-state index contributed by atoms with van der Waals surface area (Å²) < 4.78 is 9.85.